The summed E-state index contributed by atoms with van der Waals surface area (Å²) in [5.41, 5.74) is 2.74. The number of oxime groups is 4. The minimum Gasteiger partial charge on any atom is -0.399 e. The van der Waals surface area contributed by atoms with Crippen LogP contribution in [0.4, 0.5) is 0 Å². The van der Waals surface area contributed by atoms with Crippen molar-refractivity contribution in [3.05, 3.63) is 35.4 Å². The van der Waals surface area contributed by atoms with E-state index in [0.29, 0.717) is 34.9 Å². The van der Waals surface area contributed by atoms with E-state index in [1.165, 1.54) is 21.3 Å². The van der Waals surface area contributed by atoms with Gasteiger partial charge in [-0.1, -0.05) is 44.9 Å². The highest BCUT2D eigenvalue weighted by Gasteiger charge is 2.17. The lowest BCUT2D eigenvalue weighted by molar-refractivity contribution is -0.114. The fraction of sp³-hybridized carbons (Fsp3) is 0.421. The summed E-state index contributed by atoms with van der Waals surface area (Å²) in [5.74, 6) is -0.378. The number of carbonyl (C=O) groups excluding carboxylic acids is 1. The molecule has 0 unspecified atom stereocenters. The molecule has 1 aromatic rings. The zero-order chi connectivity index (χ0) is 21.6. The van der Waals surface area contributed by atoms with Crippen LogP contribution >= 0.6 is 0 Å². The van der Waals surface area contributed by atoms with Crippen LogP contribution in [-0.4, -0.2) is 56.6 Å². The largest absolute Gasteiger partial charge is 0.399 e. The van der Waals surface area contributed by atoms with Crippen molar-refractivity contribution >= 4 is 28.8 Å². The van der Waals surface area contributed by atoms with E-state index in [1.807, 2.05) is 13.0 Å². The molecule has 0 saturated carbocycles. The smallest absolute Gasteiger partial charge is 0.273 e. The van der Waals surface area contributed by atoms with Crippen molar-refractivity contribution in [2.75, 3.05) is 27.9 Å². The maximum atomic E-state index is 12.1. The van der Waals surface area contributed by atoms with E-state index in [4.69, 9.17) is 19.4 Å². The number of carbonyl (C=O) groups is 1. The highest BCUT2D eigenvalue weighted by molar-refractivity contribution is 6.67. The molecule has 158 valence electrons. The average molecular weight is 405 g/mol. The topological polar surface area (TPSA) is 115 Å². The molecule has 0 aliphatic rings. The second-order valence-electron chi connectivity index (χ2n) is 5.53. The van der Waals surface area contributed by atoms with Gasteiger partial charge in [0.15, 0.2) is 11.4 Å². The molecule has 0 aliphatic heterocycles. The minimum absolute atomic E-state index is 0.0924. The van der Waals surface area contributed by atoms with Crippen molar-refractivity contribution in [3.8, 4) is 0 Å². The molecular formula is C19H27N5O5. The van der Waals surface area contributed by atoms with Crippen molar-refractivity contribution in [1.29, 1.82) is 0 Å². The van der Waals surface area contributed by atoms with Gasteiger partial charge in [0.1, 0.15) is 38.9 Å². The average Bonchev–Trinajstić information content (AvgIpc) is 2.73. The Morgan fingerprint density at radius 2 is 1.59 bits per heavy atom. The van der Waals surface area contributed by atoms with E-state index >= 15 is 0 Å². The van der Waals surface area contributed by atoms with Crippen LogP contribution in [0.2, 0.25) is 0 Å². The predicted molar refractivity (Wildman–Crippen MR) is 111 cm³/mol. The molecule has 1 N–H and O–H groups in total. The summed E-state index contributed by atoms with van der Waals surface area (Å²) < 4.78 is 0. The molecule has 1 rings (SSSR count). The number of likely N-dealkylation sites (N-methyl/N-ethyl adjacent to an activating group) is 1. The van der Waals surface area contributed by atoms with Gasteiger partial charge in [-0.15, -0.1) is 0 Å². The first kappa shape index (κ1) is 23.6. The summed E-state index contributed by atoms with van der Waals surface area (Å²) in [7, 11) is 4.31. The van der Waals surface area contributed by atoms with Gasteiger partial charge < -0.3 is 24.7 Å². The molecule has 10 nitrogen and oxygen atoms in total. The first-order valence-corrected chi connectivity index (χ1v) is 8.86. The van der Waals surface area contributed by atoms with Gasteiger partial charge >= 0.3 is 0 Å². The zero-order valence-corrected chi connectivity index (χ0v) is 17.6. The summed E-state index contributed by atoms with van der Waals surface area (Å²) in [6.07, 6.45) is 0. The molecule has 0 atom stereocenters. The van der Waals surface area contributed by atoms with Crippen LogP contribution in [0.25, 0.3) is 0 Å². The molecule has 0 radical (unpaired) electrons. The highest BCUT2D eigenvalue weighted by atomic mass is 16.6. The van der Waals surface area contributed by atoms with E-state index in [1.54, 1.807) is 32.0 Å². The van der Waals surface area contributed by atoms with E-state index in [0.717, 1.165) is 0 Å². The number of nitrogens with zero attached hydrogens (tertiary/aromatic N) is 4. The Morgan fingerprint density at radius 3 is 2.17 bits per heavy atom. The molecular weight excluding hydrogens is 378 g/mol. The SMILES string of the molecule is CCO/N=C(C)/C(=N\OC)C(/C)=N/OCc1ccccc1/C(=N\OC)C(=O)NC. The third-order valence-electron chi connectivity index (χ3n) is 3.52. The van der Waals surface area contributed by atoms with Crippen molar-refractivity contribution < 1.29 is 24.1 Å². The number of hydrogen-bond donors (Lipinski definition) is 1. The van der Waals surface area contributed by atoms with E-state index in [-0.39, 0.29) is 18.2 Å². The number of rotatable bonds is 11. The van der Waals surface area contributed by atoms with Crippen molar-refractivity contribution in [2.45, 2.75) is 27.4 Å². The van der Waals surface area contributed by atoms with Gasteiger partial charge in [0, 0.05) is 18.2 Å². The minimum atomic E-state index is -0.378. The van der Waals surface area contributed by atoms with E-state index in [9.17, 15) is 4.79 Å². The van der Waals surface area contributed by atoms with Crippen LogP contribution in [0, 0.1) is 0 Å². The molecule has 0 heterocycles. The highest BCUT2D eigenvalue weighted by Crippen LogP contribution is 2.13. The fourth-order valence-corrected chi connectivity index (χ4v) is 2.23. The van der Waals surface area contributed by atoms with E-state index in [2.05, 4.69) is 25.9 Å². The lowest BCUT2D eigenvalue weighted by Gasteiger charge is -2.10. The van der Waals surface area contributed by atoms with Gasteiger partial charge in [-0.25, -0.2) is 0 Å². The maximum Gasteiger partial charge on any atom is 0.273 e. The molecule has 0 spiro atoms. The first-order chi connectivity index (χ1) is 14.0. The normalized spacial score (nSPS) is 13.0. The summed E-state index contributed by atoms with van der Waals surface area (Å²) in [5, 5.41) is 18.3. The number of benzene rings is 1. The second kappa shape index (κ2) is 12.9. The number of nitrogens with one attached hydrogen (secondary N) is 1. The maximum absolute atomic E-state index is 12.1. The van der Waals surface area contributed by atoms with Crippen LogP contribution in [0.5, 0.6) is 0 Å². The molecule has 0 bridgehead atoms. The van der Waals surface area contributed by atoms with Gasteiger partial charge in [-0.05, 0) is 20.8 Å². The standard InChI is InChI=1S/C19H27N5O5/c1-7-28-21-13(2)17(23-26-5)14(3)22-29-12-15-10-8-9-11-16(15)18(24-27-6)19(25)20-4/h8-11H,7,12H2,1-6H3,(H,20,25)/b21-13+,22-14+,23-17+,24-18+. The molecule has 0 aromatic heterocycles. The Labute approximate surface area is 170 Å². The van der Waals surface area contributed by atoms with Gasteiger partial charge in [-0.2, -0.15) is 0 Å². The third-order valence-corrected chi connectivity index (χ3v) is 3.52. The Kier molecular flexibility index (Phi) is 10.5. The second-order valence-corrected chi connectivity index (χ2v) is 5.53. The summed E-state index contributed by atoms with van der Waals surface area (Å²) >= 11 is 0. The van der Waals surface area contributed by atoms with Crippen molar-refractivity contribution in [2.24, 2.45) is 20.6 Å². The van der Waals surface area contributed by atoms with Crippen molar-refractivity contribution in [3.63, 3.8) is 0 Å². The van der Waals surface area contributed by atoms with Crippen LogP contribution in [-0.2, 0) is 30.8 Å². The van der Waals surface area contributed by atoms with Crippen LogP contribution in [0.1, 0.15) is 31.9 Å². The van der Waals surface area contributed by atoms with Gasteiger partial charge in [0.05, 0.1) is 0 Å². The molecule has 29 heavy (non-hydrogen) atoms. The molecule has 0 aliphatic carbocycles. The van der Waals surface area contributed by atoms with Crippen LogP contribution in [0.3, 0.4) is 0 Å². The number of hydrogen-bond acceptors (Lipinski definition) is 9. The Bertz CT molecular complexity index is 802. The molecule has 0 fully saturated rings. The zero-order valence-electron chi connectivity index (χ0n) is 17.6. The van der Waals surface area contributed by atoms with Gasteiger partial charge in [0.2, 0.25) is 0 Å². The van der Waals surface area contributed by atoms with Gasteiger partial charge in [-0.3, -0.25) is 4.79 Å². The lowest BCUT2D eigenvalue weighted by atomic mass is 10.0. The first-order valence-electron chi connectivity index (χ1n) is 8.86. The Hall–Kier alpha value is -3.43. The predicted octanol–water partition coefficient (Wildman–Crippen LogP) is 2.09. The fourth-order valence-electron chi connectivity index (χ4n) is 2.23. The molecule has 1 aromatic carbocycles. The third kappa shape index (κ3) is 7.24. The van der Waals surface area contributed by atoms with Gasteiger partial charge in [0.25, 0.3) is 5.91 Å². The van der Waals surface area contributed by atoms with E-state index < -0.39 is 0 Å². The molecule has 0 saturated heterocycles. The van der Waals surface area contributed by atoms with Crippen molar-refractivity contribution in [1.82, 2.24) is 5.32 Å². The van der Waals surface area contributed by atoms with Crippen LogP contribution in [0.15, 0.2) is 44.9 Å². The number of amides is 1. The summed E-state index contributed by atoms with van der Waals surface area (Å²) in [4.78, 5) is 32.3. The summed E-state index contributed by atoms with van der Waals surface area (Å²) in [6, 6.07) is 7.17. The quantitative estimate of drug-likeness (QED) is 0.447. The molecule has 10 heteroatoms. The Balaban J connectivity index is 3.05. The monoisotopic (exact) mass is 405 g/mol. The van der Waals surface area contributed by atoms with Crippen LogP contribution < -0.4 is 5.32 Å². The Morgan fingerprint density at radius 1 is 0.966 bits per heavy atom. The lowest BCUT2D eigenvalue weighted by Crippen LogP contribution is -2.29. The summed E-state index contributed by atoms with van der Waals surface area (Å²) in [6.45, 7) is 5.77. The molecule has 1 amide bonds.